The first-order valence-corrected chi connectivity index (χ1v) is 6.46. The van der Waals surface area contributed by atoms with Crippen LogP contribution in [0.25, 0.3) is 6.08 Å². The van der Waals surface area contributed by atoms with E-state index < -0.39 is 0 Å². The van der Waals surface area contributed by atoms with Crippen LogP contribution in [0.15, 0.2) is 18.1 Å². The van der Waals surface area contributed by atoms with Crippen LogP contribution < -0.4 is 0 Å². The van der Waals surface area contributed by atoms with Gasteiger partial charge in [-0.25, -0.2) is 4.98 Å². The average molecular weight is 271 g/mol. The van der Waals surface area contributed by atoms with Crippen molar-refractivity contribution < 1.29 is 0 Å². The smallest absolute Gasteiger partial charge is 0.0953 e. The van der Waals surface area contributed by atoms with Gasteiger partial charge in [0, 0.05) is 11.4 Å². The second-order valence-corrected chi connectivity index (χ2v) is 4.89. The average Bonchev–Trinajstić information content (AvgIpc) is 2.61. The van der Waals surface area contributed by atoms with Crippen LogP contribution in [0.3, 0.4) is 0 Å². The minimum atomic E-state index is 0.461. The molecule has 0 unspecified atom stereocenters. The van der Waals surface area contributed by atoms with Gasteiger partial charge < -0.3 is 4.57 Å². The van der Waals surface area contributed by atoms with E-state index in [1.165, 1.54) is 11.3 Å². The highest BCUT2D eigenvalue weighted by Crippen LogP contribution is 2.18. The molecular formula is C12H19BrN2. The van der Waals surface area contributed by atoms with E-state index >= 15 is 0 Å². The maximum atomic E-state index is 4.19. The van der Waals surface area contributed by atoms with Gasteiger partial charge in [-0.15, -0.1) is 0 Å². The Morgan fingerprint density at radius 2 is 2.13 bits per heavy atom. The number of alkyl halides is 1. The van der Waals surface area contributed by atoms with Crippen LogP contribution in [0, 0.1) is 5.92 Å². The lowest BCUT2D eigenvalue weighted by molar-refractivity contribution is 0.595. The number of hydrogen-bond donors (Lipinski definition) is 0. The van der Waals surface area contributed by atoms with E-state index in [1.54, 1.807) is 0 Å². The van der Waals surface area contributed by atoms with Crippen molar-refractivity contribution in [3.63, 3.8) is 0 Å². The van der Waals surface area contributed by atoms with E-state index in [2.05, 4.69) is 59.3 Å². The minimum absolute atomic E-state index is 0.461. The summed E-state index contributed by atoms with van der Waals surface area (Å²) in [6, 6.07) is 0.461. The molecule has 0 fully saturated rings. The summed E-state index contributed by atoms with van der Waals surface area (Å²) in [6.45, 7) is 8.76. The van der Waals surface area contributed by atoms with Gasteiger partial charge in [-0.05, 0) is 25.8 Å². The molecule has 0 aliphatic heterocycles. The van der Waals surface area contributed by atoms with Crippen molar-refractivity contribution in [1.82, 2.24) is 9.55 Å². The monoisotopic (exact) mass is 270 g/mol. The van der Waals surface area contributed by atoms with Crippen LogP contribution >= 0.6 is 15.9 Å². The maximum absolute atomic E-state index is 4.19. The predicted molar refractivity (Wildman–Crippen MR) is 69.2 cm³/mol. The Balaban J connectivity index is 3.00. The van der Waals surface area contributed by atoms with Crippen LogP contribution in [-0.2, 0) is 0 Å². The number of imidazole rings is 1. The molecule has 1 rings (SSSR count). The second kappa shape index (κ2) is 5.50. The summed E-state index contributed by atoms with van der Waals surface area (Å²) in [5.74, 6) is 0.569. The molecular weight excluding hydrogens is 252 g/mol. The van der Waals surface area contributed by atoms with Gasteiger partial charge in [-0.3, -0.25) is 0 Å². The molecule has 15 heavy (non-hydrogen) atoms. The van der Waals surface area contributed by atoms with Crippen molar-refractivity contribution in [2.45, 2.75) is 33.7 Å². The standard InChI is InChI=1S/C12H19BrN2/c1-9(2)11(6-13)5-12-7-14-8-15(12)10(3)4/h5,7-10H,6H2,1-4H3. The van der Waals surface area contributed by atoms with Crippen LogP contribution in [-0.4, -0.2) is 14.9 Å². The molecule has 0 saturated carbocycles. The third kappa shape index (κ3) is 3.20. The Bertz CT molecular complexity index is 337. The van der Waals surface area contributed by atoms with Crippen LogP contribution in [0.4, 0.5) is 0 Å². The third-order valence-corrected chi connectivity index (χ3v) is 3.13. The number of aromatic nitrogens is 2. The molecule has 0 aliphatic rings. The molecule has 0 saturated heterocycles. The fraction of sp³-hybridized carbons (Fsp3) is 0.583. The van der Waals surface area contributed by atoms with E-state index in [0.717, 1.165) is 5.33 Å². The van der Waals surface area contributed by atoms with Crippen molar-refractivity contribution >= 4 is 22.0 Å². The first kappa shape index (κ1) is 12.5. The molecule has 1 aromatic heterocycles. The first-order chi connectivity index (χ1) is 7.06. The summed E-state index contributed by atoms with van der Waals surface area (Å²) in [4.78, 5) is 4.19. The van der Waals surface area contributed by atoms with Gasteiger partial charge in [0.1, 0.15) is 0 Å². The van der Waals surface area contributed by atoms with Gasteiger partial charge in [0.25, 0.3) is 0 Å². The summed E-state index contributed by atoms with van der Waals surface area (Å²) >= 11 is 3.53. The molecule has 84 valence electrons. The molecule has 3 heteroatoms. The Labute approximate surface area is 101 Å². The topological polar surface area (TPSA) is 17.8 Å². The zero-order valence-corrected chi connectivity index (χ0v) is 11.5. The third-order valence-electron chi connectivity index (χ3n) is 2.48. The predicted octanol–water partition coefficient (Wildman–Crippen LogP) is 3.90. The minimum Gasteiger partial charge on any atom is -0.329 e. The van der Waals surface area contributed by atoms with Crippen LogP contribution in [0.2, 0.25) is 0 Å². The molecule has 0 aliphatic carbocycles. The Kier molecular flexibility index (Phi) is 4.58. The van der Waals surface area contributed by atoms with Crippen molar-refractivity contribution in [3.8, 4) is 0 Å². The highest BCUT2D eigenvalue weighted by Gasteiger charge is 2.06. The van der Waals surface area contributed by atoms with E-state index in [-0.39, 0.29) is 0 Å². The largest absolute Gasteiger partial charge is 0.329 e. The fourth-order valence-electron chi connectivity index (χ4n) is 1.41. The Hall–Kier alpha value is -0.570. The maximum Gasteiger partial charge on any atom is 0.0953 e. The molecule has 0 amide bonds. The van der Waals surface area contributed by atoms with E-state index in [0.29, 0.717) is 12.0 Å². The van der Waals surface area contributed by atoms with Gasteiger partial charge in [-0.2, -0.15) is 0 Å². The van der Waals surface area contributed by atoms with Gasteiger partial charge in [0.2, 0.25) is 0 Å². The number of rotatable bonds is 4. The van der Waals surface area contributed by atoms with E-state index in [1.807, 2.05) is 12.5 Å². The molecule has 2 nitrogen and oxygen atoms in total. The second-order valence-electron chi connectivity index (χ2n) is 4.33. The molecule has 0 bridgehead atoms. The van der Waals surface area contributed by atoms with Gasteiger partial charge in [0.15, 0.2) is 0 Å². The highest BCUT2D eigenvalue weighted by molar-refractivity contribution is 9.09. The van der Waals surface area contributed by atoms with Gasteiger partial charge >= 0.3 is 0 Å². The summed E-state index contributed by atoms with van der Waals surface area (Å²) in [7, 11) is 0. The Morgan fingerprint density at radius 3 is 2.60 bits per heavy atom. The van der Waals surface area contributed by atoms with Gasteiger partial charge in [-0.1, -0.05) is 35.4 Å². The lowest BCUT2D eigenvalue weighted by atomic mass is 10.0. The number of hydrogen-bond acceptors (Lipinski definition) is 1. The first-order valence-electron chi connectivity index (χ1n) is 5.34. The van der Waals surface area contributed by atoms with Crippen molar-refractivity contribution in [1.29, 1.82) is 0 Å². The molecule has 0 aromatic carbocycles. The number of nitrogens with zero attached hydrogens (tertiary/aromatic N) is 2. The Morgan fingerprint density at radius 1 is 1.47 bits per heavy atom. The fourth-order valence-corrected chi connectivity index (χ4v) is 2.22. The summed E-state index contributed by atoms with van der Waals surface area (Å²) in [5.41, 5.74) is 2.59. The lowest BCUT2D eigenvalue weighted by Crippen LogP contribution is -2.02. The van der Waals surface area contributed by atoms with Gasteiger partial charge in [0.05, 0.1) is 18.2 Å². The summed E-state index contributed by atoms with van der Waals surface area (Å²) in [5, 5.41) is 0.925. The van der Waals surface area contributed by atoms with Crippen LogP contribution in [0.1, 0.15) is 39.4 Å². The molecule has 1 heterocycles. The van der Waals surface area contributed by atoms with Crippen molar-refractivity contribution in [3.05, 3.63) is 23.8 Å². The molecule has 0 atom stereocenters. The van der Waals surface area contributed by atoms with Crippen LogP contribution in [0.5, 0.6) is 0 Å². The summed E-state index contributed by atoms with van der Waals surface area (Å²) < 4.78 is 2.19. The molecule has 1 aromatic rings. The zero-order valence-electron chi connectivity index (χ0n) is 9.87. The number of allylic oxidation sites excluding steroid dienone is 1. The zero-order chi connectivity index (χ0) is 11.4. The van der Waals surface area contributed by atoms with E-state index in [4.69, 9.17) is 0 Å². The quantitative estimate of drug-likeness (QED) is 0.759. The number of halogens is 1. The molecule has 0 spiro atoms. The summed E-state index contributed by atoms with van der Waals surface area (Å²) in [6.07, 6.45) is 6.04. The SMILES string of the molecule is CC(C)C(=Cc1cncn1C(C)C)CBr. The van der Waals surface area contributed by atoms with Crippen molar-refractivity contribution in [2.75, 3.05) is 5.33 Å². The lowest BCUT2D eigenvalue weighted by Gasteiger charge is -2.12. The normalized spacial score (nSPS) is 12.9. The molecule has 0 radical (unpaired) electrons. The van der Waals surface area contributed by atoms with E-state index in [9.17, 15) is 0 Å². The molecule has 0 N–H and O–H groups in total. The highest BCUT2D eigenvalue weighted by atomic mass is 79.9. The van der Waals surface area contributed by atoms with Crippen molar-refractivity contribution in [2.24, 2.45) is 5.92 Å².